The number of sulfonamides is 1. The van der Waals surface area contributed by atoms with Gasteiger partial charge in [-0.15, -0.1) is 0 Å². The number of halogens is 2. The smallest absolute Gasteiger partial charge is 0.208 e. The van der Waals surface area contributed by atoms with Crippen LogP contribution >= 0.6 is 23.8 Å². The topological polar surface area (TPSA) is 66.9 Å². The van der Waals surface area contributed by atoms with E-state index < -0.39 is 15.8 Å². The number of nitrogens with zero attached hydrogens (tertiary/aromatic N) is 1. The summed E-state index contributed by atoms with van der Waals surface area (Å²) in [6.45, 7) is 0.811. The lowest BCUT2D eigenvalue weighted by atomic mass is 10.3. The molecule has 2 N–H and O–H groups in total. The fourth-order valence-electron chi connectivity index (χ4n) is 1.87. The van der Waals surface area contributed by atoms with Gasteiger partial charge in [0.15, 0.2) is 4.77 Å². The van der Waals surface area contributed by atoms with E-state index in [1.165, 1.54) is 12.1 Å². The van der Waals surface area contributed by atoms with Gasteiger partial charge in [0.2, 0.25) is 10.0 Å². The number of hydrogen-bond acceptors (Lipinski definition) is 3. The molecule has 1 aromatic heterocycles. The van der Waals surface area contributed by atoms with E-state index in [2.05, 4.69) is 9.71 Å². The second-order valence-electron chi connectivity index (χ2n) is 4.39. The Kier molecular flexibility index (Phi) is 4.48. The molecule has 0 bridgehead atoms. The number of H-pyrrole nitrogens is 1. The van der Waals surface area contributed by atoms with Crippen molar-refractivity contribution in [2.45, 2.75) is 13.0 Å². The van der Waals surface area contributed by atoms with E-state index in [9.17, 15) is 12.8 Å². The van der Waals surface area contributed by atoms with E-state index in [1.807, 2.05) is 0 Å². The summed E-state index contributed by atoms with van der Waals surface area (Å²) in [7, 11) is -3.19. The zero-order chi connectivity index (χ0) is 14.9. The van der Waals surface area contributed by atoms with Crippen LogP contribution in [0.1, 0.15) is 6.42 Å². The Labute approximate surface area is 125 Å². The average Bonchev–Trinajstić information content (AvgIpc) is 2.60. The summed E-state index contributed by atoms with van der Waals surface area (Å²) in [4.78, 5) is 2.89. The summed E-state index contributed by atoms with van der Waals surface area (Å²) in [6, 6.07) is 2.79. The maximum atomic E-state index is 13.4. The van der Waals surface area contributed by atoms with Crippen LogP contribution in [-0.4, -0.2) is 30.8 Å². The lowest BCUT2D eigenvalue weighted by molar-refractivity contribution is 0.576. The van der Waals surface area contributed by atoms with Crippen LogP contribution < -0.4 is 4.72 Å². The van der Waals surface area contributed by atoms with Gasteiger partial charge >= 0.3 is 0 Å². The number of aromatic nitrogens is 2. The van der Waals surface area contributed by atoms with Crippen LogP contribution in [0.3, 0.4) is 0 Å². The molecule has 0 amide bonds. The quantitative estimate of drug-likeness (QED) is 0.650. The molecule has 9 heteroatoms. The Bertz CT molecular complexity index is 798. The molecule has 0 aliphatic rings. The van der Waals surface area contributed by atoms with Crippen LogP contribution in [0, 0.1) is 10.6 Å². The first-order valence-electron chi connectivity index (χ1n) is 5.80. The van der Waals surface area contributed by atoms with Crippen molar-refractivity contribution in [1.82, 2.24) is 14.3 Å². The molecule has 20 heavy (non-hydrogen) atoms. The lowest BCUT2D eigenvalue weighted by Gasteiger charge is -2.05. The Hall–Kier alpha value is -0.960. The highest BCUT2D eigenvalue weighted by Crippen LogP contribution is 2.22. The van der Waals surface area contributed by atoms with Crippen LogP contribution in [0.15, 0.2) is 12.1 Å². The minimum atomic E-state index is -3.19. The number of imidazole rings is 1. The zero-order valence-electron chi connectivity index (χ0n) is 10.6. The first kappa shape index (κ1) is 15.4. The van der Waals surface area contributed by atoms with Crippen molar-refractivity contribution in [2.24, 2.45) is 0 Å². The van der Waals surface area contributed by atoms with Crippen LogP contribution in [0.2, 0.25) is 5.02 Å². The molecule has 5 nitrogen and oxygen atoms in total. The minimum absolute atomic E-state index is 0.0227. The molecule has 2 aromatic rings. The number of aryl methyl sites for hydroxylation is 1. The van der Waals surface area contributed by atoms with Gasteiger partial charge in [-0.05, 0) is 24.7 Å². The van der Waals surface area contributed by atoms with Crippen molar-refractivity contribution in [3.63, 3.8) is 0 Å². The van der Waals surface area contributed by atoms with Crippen LogP contribution in [-0.2, 0) is 16.6 Å². The number of fused-ring (bicyclic) bond motifs is 1. The normalized spacial score (nSPS) is 12.2. The summed E-state index contributed by atoms with van der Waals surface area (Å²) in [6.07, 6.45) is 1.66. The second kappa shape index (κ2) is 5.80. The predicted molar refractivity (Wildman–Crippen MR) is 79.6 cm³/mol. The highest BCUT2D eigenvalue weighted by molar-refractivity contribution is 7.88. The first-order chi connectivity index (χ1) is 9.28. The molecule has 0 saturated carbocycles. The molecular weight excluding hydrogens is 325 g/mol. The zero-order valence-corrected chi connectivity index (χ0v) is 13.0. The molecular formula is C11H13ClFN3O2S2. The summed E-state index contributed by atoms with van der Waals surface area (Å²) >= 11 is 10.9. The fraction of sp³-hybridized carbons (Fsp3) is 0.364. The van der Waals surface area contributed by atoms with Crippen molar-refractivity contribution in [2.75, 3.05) is 12.8 Å². The van der Waals surface area contributed by atoms with Crippen LogP contribution in [0.5, 0.6) is 0 Å². The summed E-state index contributed by atoms with van der Waals surface area (Å²) in [5.41, 5.74) is 1.26. The second-order valence-corrected chi connectivity index (χ2v) is 7.01. The largest absolute Gasteiger partial charge is 0.330 e. The van der Waals surface area contributed by atoms with Crippen LogP contribution in [0.4, 0.5) is 4.39 Å². The molecule has 0 spiro atoms. The first-order valence-corrected chi connectivity index (χ1v) is 8.48. The van der Waals surface area contributed by atoms with Crippen molar-refractivity contribution >= 4 is 44.9 Å². The maximum absolute atomic E-state index is 13.4. The van der Waals surface area contributed by atoms with Gasteiger partial charge in [-0.1, -0.05) is 11.6 Å². The van der Waals surface area contributed by atoms with Crippen molar-refractivity contribution in [1.29, 1.82) is 0 Å². The number of benzene rings is 1. The average molecular weight is 338 g/mol. The van der Waals surface area contributed by atoms with E-state index in [-0.39, 0.29) is 5.02 Å². The SMILES string of the molecule is CS(=O)(=O)NCCCn1c(=S)[nH]c2cc(F)c(Cl)cc21. The summed E-state index contributed by atoms with van der Waals surface area (Å²) in [5, 5.41) is 0.0227. The van der Waals surface area contributed by atoms with Crippen molar-refractivity contribution in [3.8, 4) is 0 Å². The lowest BCUT2D eigenvalue weighted by Crippen LogP contribution is -2.23. The summed E-state index contributed by atoms with van der Waals surface area (Å²) in [5.74, 6) is -0.513. The molecule has 110 valence electrons. The third-order valence-electron chi connectivity index (χ3n) is 2.74. The van der Waals surface area contributed by atoms with Crippen LogP contribution in [0.25, 0.3) is 11.0 Å². The third-order valence-corrected chi connectivity index (χ3v) is 4.08. The molecule has 0 aliphatic carbocycles. The molecule has 0 aliphatic heterocycles. The molecule has 0 unspecified atom stereocenters. The molecule has 0 radical (unpaired) electrons. The highest BCUT2D eigenvalue weighted by Gasteiger charge is 2.09. The van der Waals surface area contributed by atoms with Gasteiger partial charge in [0, 0.05) is 19.2 Å². The Morgan fingerprint density at radius 3 is 2.85 bits per heavy atom. The number of hydrogen-bond donors (Lipinski definition) is 2. The fourth-order valence-corrected chi connectivity index (χ4v) is 2.84. The monoisotopic (exact) mass is 337 g/mol. The third kappa shape index (κ3) is 3.57. The maximum Gasteiger partial charge on any atom is 0.208 e. The van der Waals surface area contributed by atoms with Gasteiger partial charge in [0.1, 0.15) is 5.82 Å². The standard InChI is InChI=1S/C11H13ClFN3O2S2/c1-20(17,18)14-3-2-4-16-10-5-7(12)8(13)6-9(10)15-11(16)19/h5-6,14H,2-4H2,1H3,(H,15,19). The van der Waals surface area contributed by atoms with Gasteiger partial charge in [-0.3, -0.25) is 0 Å². The van der Waals surface area contributed by atoms with E-state index in [0.29, 0.717) is 35.3 Å². The minimum Gasteiger partial charge on any atom is -0.330 e. The number of rotatable bonds is 5. The molecule has 1 heterocycles. The van der Waals surface area contributed by atoms with Gasteiger partial charge in [0.25, 0.3) is 0 Å². The molecule has 0 saturated heterocycles. The predicted octanol–water partition coefficient (Wildman–Crippen LogP) is 2.43. The van der Waals surface area contributed by atoms with E-state index in [4.69, 9.17) is 23.8 Å². The van der Waals surface area contributed by atoms with Crippen molar-refractivity contribution in [3.05, 3.63) is 27.7 Å². The molecule has 2 rings (SSSR count). The van der Waals surface area contributed by atoms with Gasteiger partial charge in [-0.25, -0.2) is 17.5 Å². The van der Waals surface area contributed by atoms with Gasteiger partial charge in [0.05, 0.1) is 22.3 Å². The molecule has 0 atom stereocenters. The Morgan fingerprint density at radius 2 is 2.20 bits per heavy atom. The van der Waals surface area contributed by atoms with E-state index in [1.54, 1.807) is 4.57 Å². The van der Waals surface area contributed by atoms with Crippen molar-refractivity contribution < 1.29 is 12.8 Å². The number of nitrogens with one attached hydrogen (secondary N) is 2. The molecule has 1 aromatic carbocycles. The highest BCUT2D eigenvalue weighted by atomic mass is 35.5. The summed E-state index contributed by atoms with van der Waals surface area (Å²) < 4.78 is 39.9. The molecule has 0 fully saturated rings. The van der Waals surface area contributed by atoms with E-state index in [0.717, 1.165) is 6.26 Å². The number of aromatic amines is 1. The van der Waals surface area contributed by atoms with E-state index >= 15 is 0 Å². The van der Waals surface area contributed by atoms with Gasteiger partial charge in [-0.2, -0.15) is 0 Å². The van der Waals surface area contributed by atoms with Gasteiger partial charge < -0.3 is 9.55 Å². The Balaban J connectivity index is 2.20. The Morgan fingerprint density at radius 1 is 1.50 bits per heavy atom.